The third-order valence-electron chi connectivity index (χ3n) is 6.15. The second-order valence-corrected chi connectivity index (χ2v) is 10.5. The molecule has 6 nitrogen and oxygen atoms in total. The molecule has 6 heteroatoms. The van der Waals surface area contributed by atoms with Gasteiger partial charge in [0.1, 0.15) is 0 Å². The van der Waals surface area contributed by atoms with Crippen molar-refractivity contribution in [3.8, 4) is 0 Å². The molecule has 1 aliphatic heterocycles. The summed E-state index contributed by atoms with van der Waals surface area (Å²) in [5.74, 6) is 0.396. The van der Waals surface area contributed by atoms with Crippen LogP contribution in [0.4, 0.5) is 11.4 Å². The number of rotatable bonds is 8. The lowest BCUT2D eigenvalue weighted by Crippen LogP contribution is -2.38. The number of benzene rings is 1. The zero-order valence-corrected chi connectivity index (χ0v) is 19.9. The normalized spacial score (nSPS) is 19.1. The summed E-state index contributed by atoms with van der Waals surface area (Å²) < 4.78 is 5.84. The number of nitrogens with one attached hydrogen (secondary N) is 1. The van der Waals surface area contributed by atoms with Crippen LogP contribution in [-0.4, -0.2) is 50.1 Å². The first kappa shape index (κ1) is 23.6. The highest BCUT2D eigenvalue weighted by Gasteiger charge is 2.28. The number of amides is 2. The van der Waals surface area contributed by atoms with E-state index in [1.165, 1.54) is 0 Å². The Morgan fingerprint density at radius 3 is 2.42 bits per heavy atom. The first-order valence-corrected chi connectivity index (χ1v) is 11.6. The first-order valence-electron chi connectivity index (χ1n) is 11.6. The molecule has 1 saturated carbocycles. The minimum absolute atomic E-state index is 0.0746. The molecule has 2 amide bonds. The van der Waals surface area contributed by atoms with Crippen LogP contribution in [0.25, 0.3) is 0 Å². The lowest BCUT2D eigenvalue weighted by molar-refractivity contribution is -0.135. The first-order chi connectivity index (χ1) is 14.6. The fourth-order valence-electron chi connectivity index (χ4n) is 4.20. The summed E-state index contributed by atoms with van der Waals surface area (Å²) >= 11 is 0. The van der Waals surface area contributed by atoms with Crippen LogP contribution in [0.1, 0.15) is 64.9 Å². The Balaban J connectivity index is 1.81. The van der Waals surface area contributed by atoms with E-state index in [2.05, 4.69) is 31.0 Å². The number of nitrogens with zero attached hydrogens (tertiary/aromatic N) is 2. The molecule has 2 fully saturated rings. The van der Waals surface area contributed by atoms with Gasteiger partial charge in [-0.15, -0.1) is 0 Å². The smallest absolute Gasteiger partial charge is 0.227 e. The summed E-state index contributed by atoms with van der Waals surface area (Å²) in [6, 6.07) is 6.01. The van der Waals surface area contributed by atoms with Gasteiger partial charge in [0.25, 0.3) is 0 Å². The molecular weight excluding hydrogens is 390 g/mol. The van der Waals surface area contributed by atoms with Gasteiger partial charge in [-0.3, -0.25) is 9.59 Å². The third kappa shape index (κ3) is 6.70. The maximum atomic E-state index is 13.2. The highest BCUT2D eigenvalue weighted by Crippen LogP contribution is 2.30. The lowest BCUT2D eigenvalue weighted by Gasteiger charge is -2.30. The van der Waals surface area contributed by atoms with Crippen LogP contribution in [0.3, 0.4) is 0 Å². The van der Waals surface area contributed by atoms with E-state index in [0.717, 1.165) is 55.6 Å². The van der Waals surface area contributed by atoms with Crippen molar-refractivity contribution in [2.24, 2.45) is 11.3 Å². The molecule has 0 radical (unpaired) electrons. The van der Waals surface area contributed by atoms with E-state index in [1.54, 1.807) is 0 Å². The van der Waals surface area contributed by atoms with Crippen LogP contribution < -0.4 is 10.2 Å². The number of carbonyl (C=O) groups excluding carboxylic acids is 2. The van der Waals surface area contributed by atoms with Crippen molar-refractivity contribution in [3.05, 3.63) is 23.8 Å². The second-order valence-electron chi connectivity index (χ2n) is 10.5. The average molecular weight is 430 g/mol. The van der Waals surface area contributed by atoms with Crippen molar-refractivity contribution < 1.29 is 14.3 Å². The van der Waals surface area contributed by atoms with Gasteiger partial charge in [-0.2, -0.15) is 0 Å². The van der Waals surface area contributed by atoms with E-state index in [1.807, 2.05) is 37.2 Å². The number of anilines is 2. The minimum Gasteiger partial charge on any atom is -0.377 e. The summed E-state index contributed by atoms with van der Waals surface area (Å²) in [7, 11) is 4.01. The van der Waals surface area contributed by atoms with Gasteiger partial charge in [0, 0.05) is 57.5 Å². The molecule has 0 spiro atoms. The quantitative estimate of drug-likeness (QED) is 0.664. The Morgan fingerprint density at radius 2 is 1.87 bits per heavy atom. The molecule has 1 aromatic carbocycles. The fraction of sp³-hybridized carbons (Fsp3) is 0.680. The van der Waals surface area contributed by atoms with Crippen LogP contribution >= 0.6 is 0 Å². The van der Waals surface area contributed by atoms with Crippen molar-refractivity contribution in [1.29, 1.82) is 0 Å². The predicted molar refractivity (Wildman–Crippen MR) is 125 cm³/mol. The van der Waals surface area contributed by atoms with Crippen LogP contribution in [0.2, 0.25) is 0 Å². The number of hydrogen-bond donors (Lipinski definition) is 1. The monoisotopic (exact) mass is 429 g/mol. The van der Waals surface area contributed by atoms with Crippen molar-refractivity contribution >= 4 is 23.2 Å². The number of ether oxygens (including phenoxy) is 1. The Bertz CT molecular complexity index is 775. The third-order valence-corrected chi connectivity index (χ3v) is 6.15. The van der Waals surface area contributed by atoms with Crippen molar-refractivity contribution in [1.82, 2.24) is 4.90 Å². The van der Waals surface area contributed by atoms with Crippen LogP contribution in [-0.2, 0) is 20.9 Å². The summed E-state index contributed by atoms with van der Waals surface area (Å²) in [4.78, 5) is 29.7. The molecule has 1 aromatic rings. The van der Waals surface area contributed by atoms with E-state index in [-0.39, 0.29) is 29.3 Å². The Labute approximate surface area is 187 Å². The SMILES string of the molecule is CN(C)c1ccc(NC(=O)C2CCC2)cc1CN(C[C@@H]1CCCO1)C(=O)CC(C)(C)C. The molecule has 1 saturated heterocycles. The zero-order chi connectivity index (χ0) is 22.6. The lowest BCUT2D eigenvalue weighted by atomic mass is 9.85. The predicted octanol–water partition coefficient (Wildman–Crippen LogP) is 4.44. The van der Waals surface area contributed by atoms with Crippen molar-refractivity contribution in [2.75, 3.05) is 37.5 Å². The fourth-order valence-corrected chi connectivity index (χ4v) is 4.20. The van der Waals surface area contributed by atoms with Crippen LogP contribution in [0.5, 0.6) is 0 Å². The highest BCUT2D eigenvalue weighted by molar-refractivity contribution is 5.93. The van der Waals surface area contributed by atoms with Gasteiger partial charge >= 0.3 is 0 Å². The van der Waals surface area contributed by atoms with Crippen LogP contribution in [0.15, 0.2) is 18.2 Å². The van der Waals surface area contributed by atoms with Gasteiger partial charge in [0.2, 0.25) is 11.8 Å². The molecule has 3 rings (SSSR count). The van der Waals surface area contributed by atoms with Crippen molar-refractivity contribution in [3.63, 3.8) is 0 Å². The molecule has 0 bridgehead atoms. The molecule has 1 N–H and O–H groups in total. The summed E-state index contributed by atoms with van der Waals surface area (Å²) in [5.41, 5.74) is 2.83. The number of hydrogen-bond acceptors (Lipinski definition) is 4. The highest BCUT2D eigenvalue weighted by atomic mass is 16.5. The topological polar surface area (TPSA) is 61.9 Å². The average Bonchev–Trinajstić information content (AvgIpc) is 3.11. The molecule has 172 valence electrons. The molecule has 1 aliphatic carbocycles. The maximum absolute atomic E-state index is 13.2. The maximum Gasteiger partial charge on any atom is 0.227 e. The molecule has 0 aromatic heterocycles. The van der Waals surface area contributed by atoms with E-state index in [4.69, 9.17) is 4.74 Å². The Morgan fingerprint density at radius 1 is 1.13 bits per heavy atom. The molecular formula is C25H39N3O3. The summed E-state index contributed by atoms with van der Waals surface area (Å²) in [5, 5.41) is 3.08. The molecule has 1 heterocycles. The summed E-state index contributed by atoms with van der Waals surface area (Å²) in [6.45, 7) is 8.18. The van der Waals surface area contributed by atoms with Gasteiger partial charge < -0.3 is 19.9 Å². The zero-order valence-electron chi connectivity index (χ0n) is 19.9. The Kier molecular flexibility index (Phi) is 7.63. The van der Waals surface area contributed by atoms with Gasteiger partial charge in [-0.25, -0.2) is 0 Å². The second kappa shape index (κ2) is 10.0. The largest absolute Gasteiger partial charge is 0.377 e. The standard InChI is InChI=1S/C25H39N3O3/c1-25(2,3)15-23(29)28(17-21-10-7-13-31-21)16-19-14-20(11-12-22(19)27(4)5)26-24(30)18-8-6-9-18/h11-12,14,18,21H,6-10,13,15-17H2,1-5H3,(H,26,30)/t21-/m0/s1. The molecule has 1 atom stereocenters. The van der Waals surface area contributed by atoms with Crippen LogP contribution in [0, 0.1) is 11.3 Å². The van der Waals surface area contributed by atoms with Gasteiger partial charge in [-0.05, 0) is 54.9 Å². The van der Waals surface area contributed by atoms with Gasteiger partial charge in [0.15, 0.2) is 0 Å². The summed E-state index contributed by atoms with van der Waals surface area (Å²) in [6.07, 6.45) is 5.74. The molecule has 31 heavy (non-hydrogen) atoms. The van der Waals surface area contributed by atoms with Gasteiger partial charge in [-0.1, -0.05) is 27.2 Å². The van der Waals surface area contributed by atoms with E-state index >= 15 is 0 Å². The molecule has 2 aliphatic rings. The molecule has 0 unspecified atom stereocenters. The van der Waals surface area contributed by atoms with E-state index < -0.39 is 0 Å². The van der Waals surface area contributed by atoms with E-state index in [0.29, 0.717) is 19.5 Å². The van der Waals surface area contributed by atoms with Crippen molar-refractivity contribution in [2.45, 2.75) is 71.9 Å². The van der Waals surface area contributed by atoms with E-state index in [9.17, 15) is 9.59 Å². The Hall–Kier alpha value is -2.08. The number of carbonyl (C=O) groups is 2. The van der Waals surface area contributed by atoms with Gasteiger partial charge in [0.05, 0.1) is 6.10 Å². The minimum atomic E-state index is -0.0746.